The molecule has 1 atom stereocenters. The van der Waals surface area contributed by atoms with Gasteiger partial charge in [0.2, 0.25) is 0 Å². The highest BCUT2D eigenvalue weighted by molar-refractivity contribution is 5.75. The van der Waals surface area contributed by atoms with E-state index in [-0.39, 0.29) is 13.2 Å². The average Bonchev–Trinajstić information content (AvgIpc) is 2.66. The Morgan fingerprint density at radius 1 is 0.962 bits per heavy atom. The number of aliphatic hydroxyl groups is 1. The van der Waals surface area contributed by atoms with Gasteiger partial charge in [-0.25, -0.2) is 0 Å². The first-order valence-electron chi connectivity index (χ1n) is 8.34. The van der Waals surface area contributed by atoms with Gasteiger partial charge < -0.3 is 30.4 Å². The number of primary amides is 1. The molecule has 0 bridgehead atoms. The van der Waals surface area contributed by atoms with Crippen LogP contribution in [0.5, 0.6) is 17.2 Å². The van der Waals surface area contributed by atoms with E-state index < -0.39 is 12.0 Å². The first-order chi connectivity index (χ1) is 12.6. The highest BCUT2D eigenvalue weighted by Gasteiger charge is 2.05. The van der Waals surface area contributed by atoms with E-state index in [1.165, 1.54) is 0 Å². The van der Waals surface area contributed by atoms with E-state index in [1.54, 1.807) is 24.3 Å². The van der Waals surface area contributed by atoms with Crippen molar-refractivity contribution < 1.29 is 24.1 Å². The molecule has 7 heteroatoms. The Bertz CT molecular complexity index is 649. The number of nitrogens with one attached hydrogen (secondary N) is 1. The topological polar surface area (TPSA) is 103 Å². The molecule has 1 unspecified atom stereocenters. The molecule has 0 aliphatic carbocycles. The van der Waals surface area contributed by atoms with Crippen LogP contribution in [0.4, 0.5) is 0 Å². The van der Waals surface area contributed by atoms with Gasteiger partial charge >= 0.3 is 0 Å². The maximum Gasteiger partial charge on any atom is 0.255 e. The van der Waals surface area contributed by atoms with Crippen molar-refractivity contribution in [2.24, 2.45) is 5.73 Å². The summed E-state index contributed by atoms with van der Waals surface area (Å²) in [6, 6.07) is 16.3. The third-order valence-electron chi connectivity index (χ3n) is 3.32. The lowest BCUT2D eigenvalue weighted by molar-refractivity contribution is -0.119. The second-order valence-corrected chi connectivity index (χ2v) is 5.56. The van der Waals surface area contributed by atoms with Crippen LogP contribution in [0.3, 0.4) is 0 Å². The second-order valence-electron chi connectivity index (χ2n) is 5.56. The van der Waals surface area contributed by atoms with E-state index in [2.05, 4.69) is 5.32 Å². The highest BCUT2D eigenvalue weighted by atomic mass is 16.5. The first kappa shape index (κ1) is 19.6. The summed E-state index contributed by atoms with van der Waals surface area (Å²) in [7, 11) is 0. The largest absolute Gasteiger partial charge is 0.492 e. The lowest BCUT2D eigenvalue weighted by Gasteiger charge is -2.13. The normalized spacial score (nSPS) is 11.6. The summed E-state index contributed by atoms with van der Waals surface area (Å²) in [6.45, 7) is 1.53. The molecule has 4 N–H and O–H groups in total. The minimum atomic E-state index is -0.600. The van der Waals surface area contributed by atoms with Gasteiger partial charge in [0, 0.05) is 13.1 Å². The average molecular weight is 360 g/mol. The monoisotopic (exact) mass is 360 g/mol. The first-order valence-corrected chi connectivity index (χ1v) is 8.34. The van der Waals surface area contributed by atoms with Crippen LogP contribution in [-0.2, 0) is 4.79 Å². The molecular formula is C19H24N2O5. The molecule has 2 aromatic carbocycles. The molecule has 0 aromatic heterocycles. The summed E-state index contributed by atoms with van der Waals surface area (Å²) in [6.07, 6.45) is -0.600. The van der Waals surface area contributed by atoms with E-state index in [4.69, 9.17) is 19.9 Å². The number of benzene rings is 2. The lowest BCUT2D eigenvalue weighted by atomic mass is 10.3. The van der Waals surface area contributed by atoms with Crippen molar-refractivity contribution in [2.45, 2.75) is 6.10 Å². The minimum absolute atomic E-state index is 0.152. The number of carbonyl (C=O) groups excluding carboxylic acids is 1. The molecule has 0 aliphatic rings. The maximum absolute atomic E-state index is 10.6. The van der Waals surface area contributed by atoms with Crippen LogP contribution in [0.2, 0.25) is 0 Å². The summed E-state index contributed by atoms with van der Waals surface area (Å²) in [5.74, 6) is 1.45. The van der Waals surface area contributed by atoms with Gasteiger partial charge in [-0.2, -0.15) is 0 Å². The van der Waals surface area contributed by atoms with Crippen LogP contribution in [0.1, 0.15) is 0 Å². The van der Waals surface area contributed by atoms with Gasteiger partial charge in [0.1, 0.15) is 36.6 Å². The van der Waals surface area contributed by atoms with Crippen molar-refractivity contribution in [1.82, 2.24) is 5.32 Å². The van der Waals surface area contributed by atoms with Crippen LogP contribution in [0, 0.1) is 0 Å². The van der Waals surface area contributed by atoms with Crippen LogP contribution in [-0.4, -0.2) is 50.0 Å². The molecule has 0 spiro atoms. The molecule has 7 nitrogen and oxygen atoms in total. The standard InChI is InChI=1S/C19H24N2O5/c20-19(23)14-26-18-8-6-17(7-9-18)24-11-10-21-12-15(22)13-25-16-4-2-1-3-5-16/h1-9,15,21-22H,10-14H2,(H2,20,23). The van der Waals surface area contributed by atoms with Crippen molar-refractivity contribution >= 4 is 5.91 Å². The summed E-state index contributed by atoms with van der Waals surface area (Å²) in [5.41, 5.74) is 5.01. The van der Waals surface area contributed by atoms with Gasteiger partial charge in [-0.05, 0) is 36.4 Å². The number of nitrogens with two attached hydrogens (primary N) is 1. The summed E-state index contributed by atoms with van der Waals surface area (Å²) >= 11 is 0. The number of aliphatic hydroxyl groups excluding tert-OH is 1. The lowest BCUT2D eigenvalue weighted by Crippen LogP contribution is -2.33. The number of para-hydroxylation sites is 1. The molecule has 1 amide bonds. The smallest absolute Gasteiger partial charge is 0.255 e. The highest BCUT2D eigenvalue weighted by Crippen LogP contribution is 2.17. The summed E-state index contributed by atoms with van der Waals surface area (Å²) in [4.78, 5) is 10.6. The van der Waals surface area contributed by atoms with Gasteiger partial charge in [-0.1, -0.05) is 18.2 Å². The molecule has 2 rings (SSSR count). The number of ether oxygens (including phenoxy) is 3. The Hall–Kier alpha value is -2.77. The fraction of sp³-hybridized carbons (Fsp3) is 0.316. The summed E-state index contributed by atoms with van der Waals surface area (Å²) < 4.78 is 16.2. The Kier molecular flexibility index (Phi) is 8.25. The van der Waals surface area contributed by atoms with Gasteiger partial charge in [-0.3, -0.25) is 4.79 Å². The van der Waals surface area contributed by atoms with Crippen molar-refractivity contribution in [3.63, 3.8) is 0 Å². The molecule has 0 aliphatic heterocycles. The van der Waals surface area contributed by atoms with Gasteiger partial charge in [0.15, 0.2) is 6.61 Å². The molecule has 0 radical (unpaired) electrons. The zero-order chi connectivity index (χ0) is 18.6. The number of rotatable bonds is 12. The van der Waals surface area contributed by atoms with Crippen molar-refractivity contribution in [3.8, 4) is 17.2 Å². The number of carbonyl (C=O) groups is 1. The predicted molar refractivity (Wildman–Crippen MR) is 97.4 cm³/mol. The molecular weight excluding hydrogens is 336 g/mol. The van der Waals surface area contributed by atoms with Crippen molar-refractivity contribution in [3.05, 3.63) is 54.6 Å². The van der Waals surface area contributed by atoms with Crippen LogP contribution >= 0.6 is 0 Å². The molecule has 0 fully saturated rings. The van der Waals surface area contributed by atoms with E-state index >= 15 is 0 Å². The van der Waals surface area contributed by atoms with E-state index in [9.17, 15) is 9.90 Å². The molecule has 2 aromatic rings. The molecule has 0 saturated carbocycles. The number of amides is 1. The third-order valence-corrected chi connectivity index (χ3v) is 3.32. The summed E-state index contributed by atoms with van der Waals surface area (Å²) in [5, 5.41) is 13.0. The molecule has 26 heavy (non-hydrogen) atoms. The van der Waals surface area contributed by atoms with Crippen LogP contribution < -0.4 is 25.3 Å². The predicted octanol–water partition coefficient (Wildman–Crippen LogP) is 0.959. The Labute approximate surface area is 152 Å². The molecule has 140 valence electrons. The van der Waals surface area contributed by atoms with Gasteiger partial charge in [0.25, 0.3) is 5.91 Å². The van der Waals surface area contributed by atoms with E-state index in [0.717, 1.165) is 5.75 Å². The minimum Gasteiger partial charge on any atom is -0.492 e. The van der Waals surface area contributed by atoms with Crippen LogP contribution in [0.25, 0.3) is 0 Å². The Balaban J connectivity index is 1.55. The van der Waals surface area contributed by atoms with E-state index in [1.807, 2.05) is 30.3 Å². The van der Waals surface area contributed by atoms with E-state index in [0.29, 0.717) is 31.2 Å². The zero-order valence-electron chi connectivity index (χ0n) is 14.5. The van der Waals surface area contributed by atoms with Gasteiger partial charge in [0.05, 0.1) is 0 Å². The van der Waals surface area contributed by atoms with Crippen molar-refractivity contribution in [2.75, 3.05) is 32.9 Å². The SMILES string of the molecule is NC(=O)COc1ccc(OCCNCC(O)COc2ccccc2)cc1. The third kappa shape index (κ3) is 7.87. The fourth-order valence-corrected chi connectivity index (χ4v) is 2.06. The molecule has 0 saturated heterocycles. The Morgan fingerprint density at radius 3 is 2.23 bits per heavy atom. The zero-order valence-corrected chi connectivity index (χ0v) is 14.5. The quantitative estimate of drug-likeness (QED) is 0.487. The second kappa shape index (κ2) is 11.0. The number of hydrogen-bond donors (Lipinski definition) is 3. The van der Waals surface area contributed by atoms with Gasteiger partial charge in [-0.15, -0.1) is 0 Å². The molecule has 0 heterocycles. The van der Waals surface area contributed by atoms with Crippen molar-refractivity contribution in [1.29, 1.82) is 0 Å². The Morgan fingerprint density at radius 2 is 1.58 bits per heavy atom. The fourth-order valence-electron chi connectivity index (χ4n) is 2.06. The van der Waals surface area contributed by atoms with Crippen LogP contribution in [0.15, 0.2) is 54.6 Å². The maximum atomic E-state index is 10.6. The number of hydrogen-bond acceptors (Lipinski definition) is 6.